The second-order valence-corrected chi connectivity index (χ2v) is 11.3. The van der Waals surface area contributed by atoms with E-state index in [9.17, 15) is 36.3 Å². The van der Waals surface area contributed by atoms with Gasteiger partial charge in [0, 0.05) is 12.5 Å². The molecule has 1 aliphatic rings. The van der Waals surface area contributed by atoms with Crippen molar-refractivity contribution >= 4 is 18.2 Å². The van der Waals surface area contributed by atoms with E-state index in [-0.39, 0.29) is 38.3 Å². The summed E-state index contributed by atoms with van der Waals surface area (Å²) in [5, 5.41) is 4.78. The van der Waals surface area contributed by atoms with Crippen LogP contribution in [0.3, 0.4) is 0 Å². The molecule has 13 heteroatoms. The van der Waals surface area contributed by atoms with E-state index >= 15 is 0 Å². The minimum absolute atomic E-state index is 0.0997. The molecule has 0 aromatic heterocycles. The van der Waals surface area contributed by atoms with E-state index in [1.807, 2.05) is 48.5 Å². The van der Waals surface area contributed by atoms with Crippen LogP contribution in [0.2, 0.25) is 0 Å². The van der Waals surface area contributed by atoms with E-state index in [1.165, 1.54) is 0 Å². The lowest BCUT2D eigenvalue weighted by Gasteiger charge is -2.23. The van der Waals surface area contributed by atoms with Gasteiger partial charge in [-0.1, -0.05) is 48.5 Å². The van der Waals surface area contributed by atoms with Gasteiger partial charge >= 0.3 is 18.2 Å². The molecular formula is C32H31F5N2O6. The van der Waals surface area contributed by atoms with Crippen LogP contribution in [0, 0.1) is 29.1 Å². The van der Waals surface area contributed by atoms with Crippen molar-refractivity contribution in [2.45, 2.75) is 57.6 Å². The normalized spacial score (nSPS) is 13.0. The molecule has 45 heavy (non-hydrogen) atoms. The number of rotatable bonds is 10. The Bertz CT molecular complexity index is 1520. The Labute approximate surface area is 255 Å². The molecule has 1 atom stereocenters. The van der Waals surface area contributed by atoms with Crippen LogP contribution in [0.25, 0.3) is 11.1 Å². The lowest BCUT2D eigenvalue weighted by molar-refractivity contribution is -0.137. The standard InChI is InChI=1S/C32H31F5N2O6/c1-32(2,3)45-31(42)39-22(29(40)44-28-26(36)24(34)23(33)25(35)27(28)37)14-8-9-15-38-30(41)43-16-21-19-12-6-4-10-17(19)18-11-5-7-13-20(18)21/h4-7,10-13,21-22H,8-9,14-16H2,1-3H3,(H,38,41)(H,39,42)/t22-/m0/s1. The summed E-state index contributed by atoms with van der Waals surface area (Å²) in [4.78, 5) is 37.4. The van der Waals surface area contributed by atoms with Crippen LogP contribution >= 0.6 is 0 Å². The summed E-state index contributed by atoms with van der Waals surface area (Å²) in [6.07, 6.45) is -1.55. The van der Waals surface area contributed by atoms with Crippen molar-refractivity contribution in [2.24, 2.45) is 0 Å². The maximum Gasteiger partial charge on any atom is 0.408 e. The molecule has 0 fully saturated rings. The molecule has 0 saturated heterocycles. The number of unbranched alkanes of at least 4 members (excludes halogenated alkanes) is 1. The Morgan fingerprint density at radius 1 is 0.778 bits per heavy atom. The number of halogens is 5. The molecule has 4 rings (SSSR count). The summed E-state index contributed by atoms with van der Waals surface area (Å²) in [6, 6.07) is 14.1. The Balaban J connectivity index is 1.31. The van der Waals surface area contributed by atoms with Crippen molar-refractivity contribution < 1.29 is 50.5 Å². The monoisotopic (exact) mass is 634 g/mol. The molecule has 240 valence electrons. The van der Waals surface area contributed by atoms with Crippen LogP contribution in [-0.2, 0) is 14.3 Å². The van der Waals surface area contributed by atoms with Gasteiger partial charge in [-0.05, 0) is 62.3 Å². The van der Waals surface area contributed by atoms with Gasteiger partial charge in [0.05, 0.1) is 0 Å². The molecule has 0 saturated carbocycles. The largest absolute Gasteiger partial charge is 0.449 e. The van der Waals surface area contributed by atoms with E-state index in [1.54, 1.807) is 20.8 Å². The van der Waals surface area contributed by atoms with Gasteiger partial charge in [-0.3, -0.25) is 0 Å². The zero-order valence-corrected chi connectivity index (χ0v) is 24.6. The van der Waals surface area contributed by atoms with Gasteiger partial charge in [0.25, 0.3) is 0 Å². The van der Waals surface area contributed by atoms with E-state index in [0.717, 1.165) is 22.3 Å². The molecule has 0 unspecified atom stereocenters. The van der Waals surface area contributed by atoms with Crippen molar-refractivity contribution in [1.29, 1.82) is 0 Å². The van der Waals surface area contributed by atoms with Crippen molar-refractivity contribution in [3.63, 3.8) is 0 Å². The number of amides is 2. The number of benzene rings is 3. The van der Waals surface area contributed by atoms with Gasteiger partial charge in [0.15, 0.2) is 0 Å². The summed E-state index contributed by atoms with van der Waals surface area (Å²) in [5.74, 6) is -15.1. The number of carbonyl (C=O) groups is 3. The number of carbonyl (C=O) groups excluding carboxylic acids is 3. The second kappa shape index (κ2) is 14.0. The Hall–Kier alpha value is -4.68. The average Bonchev–Trinajstić information content (AvgIpc) is 3.32. The predicted molar refractivity (Wildman–Crippen MR) is 152 cm³/mol. The van der Waals surface area contributed by atoms with Crippen molar-refractivity contribution in [1.82, 2.24) is 10.6 Å². The molecule has 0 aliphatic heterocycles. The highest BCUT2D eigenvalue weighted by Gasteiger charge is 2.32. The van der Waals surface area contributed by atoms with Crippen LogP contribution in [0.4, 0.5) is 31.5 Å². The number of nitrogens with one attached hydrogen (secondary N) is 2. The second-order valence-electron chi connectivity index (χ2n) is 11.3. The summed E-state index contributed by atoms with van der Waals surface area (Å²) in [6.45, 7) is 4.84. The highest BCUT2D eigenvalue weighted by molar-refractivity contribution is 5.83. The molecule has 8 nitrogen and oxygen atoms in total. The third-order valence-corrected chi connectivity index (χ3v) is 6.88. The van der Waals surface area contributed by atoms with Crippen LogP contribution in [0.1, 0.15) is 57.1 Å². The van der Waals surface area contributed by atoms with E-state index < -0.39 is 64.6 Å². The first-order valence-corrected chi connectivity index (χ1v) is 14.1. The third-order valence-electron chi connectivity index (χ3n) is 6.88. The minimum atomic E-state index is -2.42. The number of esters is 1. The first kappa shape index (κ1) is 33.2. The van der Waals surface area contributed by atoms with Gasteiger partial charge in [-0.2, -0.15) is 8.78 Å². The lowest BCUT2D eigenvalue weighted by atomic mass is 9.98. The molecule has 2 amide bonds. The first-order chi connectivity index (χ1) is 21.3. The molecular weight excluding hydrogens is 603 g/mol. The molecule has 3 aromatic rings. The molecule has 0 heterocycles. The molecule has 3 aromatic carbocycles. The molecule has 0 bridgehead atoms. The Morgan fingerprint density at radius 2 is 1.31 bits per heavy atom. The van der Waals surface area contributed by atoms with Crippen LogP contribution in [0.15, 0.2) is 48.5 Å². The number of alkyl carbamates (subject to hydrolysis) is 2. The third kappa shape index (κ3) is 7.89. The molecule has 0 radical (unpaired) electrons. The first-order valence-electron chi connectivity index (χ1n) is 14.1. The van der Waals surface area contributed by atoms with Crippen molar-refractivity contribution in [2.75, 3.05) is 13.2 Å². The topological polar surface area (TPSA) is 103 Å². The van der Waals surface area contributed by atoms with Gasteiger partial charge in [0.1, 0.15) is 18.2 Å². The highest BCUT2D eigenvalue weighted by atomic mass is 19.2. The summed E-state index contributed by atoms with van der Waals surface area (Å²) in [7, 11) is 0. The van der Waals surface area contributed by atoms with Gasteiger partial charge in [0.2, 0.25) is 34.8 Å². The zero-order valence-electron chi connectivity index (χ0n) is 24.6. The van der Waals surface area contributed by atoms with E-state index in [4.69, 9.17) is 9.47 Å². The summed E-state index contributed by atoms with van der Waals surface area (Å²) >= 11 is 0. The lowest BCUT2D eigenvalue weighted by Crippen LogP contribution is -2.45. The summed E-state index contributed by atoms with van der Waals surface area (Å²) < 4.78 is 83.8. The van der Waals surface area contributed by atoms with Crippen molar-refractivity contribution in [3.8, 4) is 16.9 Å². The molecule has 2 N–H and O–H groups in total. The number of hydrogen-bond acceptors (Lipinski definition) is 6. The average molecular weight is 635 g/mol. The SMILES string of the molecule is CC(C)(C)OC(=O)N[C@@H](CCCCNC(=O)OCC1c2ccccc2-c2ccccc21)C(=O)Oc1c(F)c(F)c(F)c(F)c1F. The molecule has 1 aliphatic carbocycles. The highest BCUT2D eigenvalue weighted by Crippen LogP contribution is 2.44. The van der Waals surface area contributed by atoms with Crippen LogP contribution < -0.4 is 15.4 Å². The maximum absolute atomic E-state index is 14.1. The van der Waals surface area contributed by atoms with E-state index in [0.29, 0.717) is 0 Å². The molecule has 0 spiro atoms. The maximum atomic E-state index is 14.1. The fourth-order valence-corrected chi connectivity index (χ4v) is 4.86. The Kier molecular flexibility index (Phi) is 10.3. The number of ether oxygens (including phenoxy) is 3. The Morgan fingerprint density at radius 3 is 1.87 bits per heavy atom. The quantitative estimate of drug-likeness (QED) is 0.0629. The zero-order chi connectivity index (χ0) is 32.9. The minimum Gasteiger partial charge on any atom is -0.449 e. The van der Waals surface area contributed by atoms with E-state index in [2.05, 4.69) is 15.4 Å². The fraction of sp³-hybridized carbons (Fsp3) is 0.344. The smallest absolute Gasteiger partial charge is 0.408 e. The van der Waals surface area contributed by atoms with Crippen LogP contribution in [0.5, 0.6) is 5.75 Å². The number of fused-ring (bicyclic) bond motifs is 3. The predicted octanol–water partition coefficient (Wildman–Crippen LogP) is 6.89. The van der Waals surface area contributed by atoms with Crippen LogP contribution in [-0.4, -0.2) is 43.0 Å². The number of hydrogen-bond donors (Lipinski definition) is 2. The fourth-order valence-electron chi connectivity index (χ4n) is 4.86. The van der Waals surface area contributed by atoms with Gasteiger partial charge in [-0.25, -0.2) is 27.6 Å². The van der Waals surface area contributed by atoms with Crippen molar-refractivity contribution in [3.05, 3.63) is 88.7 Å². The van der Waals surface area contributed by atoms with Gasteiger partial charge < -0.3 is 24.8 Å². The van der Waals surface area contributed by atoms with Gasteiger partial charge in [-0.15, -0.1) is 0 Å². The summed E-state index contributed by atoms with van der Waals surface area (Å²) in [5.41, 5.74) is 3.28.